The van der Waals surface area contributed by atoms with Gasteiger partial charge in [-0.1, -0.05) is 71.5 Å². The molecule has 0 fully saturated rings. The zero-order valence-electron chi connectivity index (χ0n) is 12.7. The first kappa shape index (κ1) is 18.7. The number of carbonyl (C=O) groups excluding carboxylic acids is 1. The molecule has 2 nitrogen and oxygen atoms in total. The Morgan fingerprint density at radius 2 is 1.74 bits per heavy atom. The van der Waals surface area contributed by atoms with Crippen LogP contribution in [0.2, 0.25) is 13.1 Å². The molecule has 19 heavy (non-hydrogen) atoms. The second kappa shape index (κ2) is 10.5. The van der Waals surface area contributed by atoms with Gasteiger partial charge in [0.1, 0.15) is 5.73 Å². The van der Waals surface area contributed by atoms with E-state index in [1.165, 1.54) is 44.6 Å². The lowest BCUT2D eigenvalue weighted by atomic mass is 10.1. The van der Waals surface area contributed by atoms with Gasteiger partial charge >= 0.3 is 5.97 Å². The van der Waals surface area contributed by atoms with E-state index in [-0.39, 0.29) is 11.7 Å². The molecule has 0 N–H and O–H groups in total. The molecule has 0 aromatic rings. The van der Waals surface area contributed by atoms with Crippen molar-refractivity contribution in [2.45, 2.75) is 77.1 Å². The molecule has 0 aliphatic rings. The first-order chi connectivity index (χ1) is 8.91. The van der Waals surface area contributed by atoms with Gasteiger partial charge in [0.25, 0.3) is 0 Å². The number of unbranched alkanes of at least 4 members (excludes halogenated alkanes) is 6. The van der Waals surface area contributed by atoms with E-state index in [0.29, 0.717) is 0 Å². The van der Waals surface area contributed by atoms with Gasteiger partial charge in [0.2, 0.25) is 0 Å². The lowest BCUT2D eigenvalue weighted by Crippen LogP contribution is -2.39. The lowest BCUT2D eigenvalue weighted by molar-refractivity contribution is -0.140. The first-order valence-corrected chi connectivity index (χ1v) is 11.5. The predicted octanol–water partition coefficient (Wildman–Crippen LogP) is 5.21. The van der Waals surface area contributed by atoms with Crippen molar-refractivity contribution >= 4 is 24.4 Å². The summed E-state index contributed by atoms with van der Waals surface area (Å²) in [5.41, 5.74) is -0.102. The molecule has 0 saturated carbocycles. The zero-order chi connectivity index (χ0) is 14.7. The van der Waals surface area contributed by atoms with E-state index in [1.54, 1.807) is 0 Å². The molecule has 0 aromatic carbocycles. The summed E-state index contributed by atoms with van der Waals surface area (Å²) in [6.07, 6.45) is 10.9. The molecule has 0 heterocycles. The SMILES string of the molecule is C=CC(=O)OC(CCCCCCCCC)[Si](C)(C)Cl. The van der Waals surface area contributed by atoms with Crippen molar-refractivity contribution in [3.05, 3.63) is 12.7 Å². The van der Waals surface area contributed by atoms with Crippen molar-refractivity contribution in [1.82, 2.24) is 0 Å². The Balaban J connectivity index is 3.88. The Kier molecular flexibility index (Phi) is 10.3. The molecule has 0 aliphatic carbocycles. The molecular weight excluding hydrogens is 276 g/mol. The zero-order valence-corrected chi connectivity index (χ0v) is 14.5. The van der Waals surface area contributed by atoms with Crippen LogP contribution in [0.1, 0.15) is 58.3 Å². The summed E-state index contributed by atoms with van der Waals surface area (Å²) >= 11 is 6.41. The molecule has 0 aliphatic heterocycles. The third-order valence-electron chi connectivity index (χ3n) is 3.26. The number of hydrogen-bond acceptors (Lipinski definition) is 2. The summed E-state index contributed by atoms with van der Waals surface area (Å²) in [6.45, 7) is 9.71. The van der Waals surface area contributed by atoms with Gasteiger partial charge in [-0.15, -0.1) is 0 Å². The van der Waals surface area contributed by atoms with Gasteiger partial charge in [-0.3, -0.25) is 0 Å². The number of halogens is 1. The van der Waals surface area contributed by atoms with Crippen LogP contribution < -0.4 is 0 Å². The Morgan fingerprint density at radius 1 is 1.21 bits per heavy atom. The van der Waals surface area contributed by atoms with Gasteiger partial charge in [-0.2, -0.15) is 11.1 Å². The van der Waals surface area contributed by atoms with Crippen molar-refractivity contribution in [3.8, 4) is 0 Å². The number of hydrogen-bond donors (Lipinski definition) is 0. The van der Waals surface area contributed by atoms with Crippen molar-refractivity contribution in [3.63, 3.8) is 0 Å². The van der Waals surface area contributed by atoms with Gasteiger partial charge in [0, 0.05) is 6.08 Å². The van der Waals surface area contributed by atoms with Crippen LogP contribution >= 0.6 is 11.1 Å². The smallest absolute Gasteiger partial charge is 0.330 e. The van der Waals surface area contributed by atoms with E-state index in [0.717, 1.165) is 12.8 Å². The number of rotatable bonds is 11. The molecule has 1 atom stereocenters. The van der Waals surface area contributed by atoms with E-state index in [9.17, 15) is 4.79 Å². The first-order valence-electron chi connectivity index (χ1n) is 7.43. The predicted molar refractivity (Wildman–Crippen MR) is 86.0 cm³/mol. The molecule has 0 saturated heterocycles. The molecule has 0 amide bonds. The molecule has 0 radical (unpaired) electrons. The molecule has 4 heteroatoms. The van der Waals surface area contributed by atoms with Crippen molar-refractivity contribution < 1.29 is 9.53 Å². The minimum absolute atomic E-state index is 0.102. The third-order valence-corrected chi connectivity index (χ3v) is 5.93. The van der Waals surface area contributed by atoms with Crippen LogP contribution in [0.4, 0.5) is 0 Å². The van der Waals surface area contributed by atoms with Gasteiger partial charge < -0.3 is 4.74 Å². The standard InChI is InChI=1S/C15H29ClO2Si/c1-5-7-8-9-10-11-12-13-15(19(3,4)16)18-14(17)6-2/h6,15H,2,5,7-13H2,1,3-4H3. The summed E-state index contributed by atoms with van der Waals surface area (Å²) in [6, 6.07) is 0. The molecule has 0 aromatic heterocycles. The average molecular weight is 305 g/mol. The van der Waals surface area contributed by atoms with Gasteiger partial charge in [0.05, 0.1) is 0 Å². The van der Waals surface area contributed by atoms with Crippen LogP contribution in [0.25, 0.3) is 0 Å². The maximum atomic E-state index is 11.3. The fourth-order valence-corrected chi connectivity index (χ4v) is 3.77. The second-order valence-electron chi connectivity index (χ2n) is 5.60. The van der Waals surface area contributed by atoms with Crippen LogP contribution in [0.15, 0.2) is 12.7 Å². The second-order valence-corrected chi connectivity index (χ2v) is 12.3. The van der Waals surface area contributed by atoms with Gasteiger partial charge in [0.15, 0.2) is 7.38 Å². The Hall–Kier alpha value is -0.283. The highest BCUT2D eigenvalue weighted by Crippen LogP contribution is 2.22. The summed E-state index contributed by atoms with van der Waals surface area (Å²) in [4.78, 5) is 11.3. The van der Waals surface area contributed by atoms with Crippen molar-refractivity contribution in [2.75, 3.05) is 0 Å². The monoisotopic (exact) mass is 304 g/mol. The Labute approximate surface area is 124 Å². The fraction of sp³-hybridized carbons (Fsp3) is 0.800. The number of esters is 1. The topological polar surface area (TPSA) is 26.3 Å². The van der Waals surface area contributed by atoms with Crippen LogP contribution in [0.3, 0.4) is 0 Å². The van der Waals surface area contributed by atoms with E-state index < -0.39 is 7.38 Å². The summed E-state index contributed by atoms with van der Waals surface area (Å²) in [7, 11) is -1.97. The Morgan fingerprint density at radius 3 is 2.21 bits per heavy atom. The van der Waals surface area contributed by atoms with E-state index in [1.807, 2.05) is 13.1 Å². The average Bonchev–Trinajstić information content (AvgIpc) is 2.34. The Bertz CT molecular complexity index is 261. The van der Waals surface area contributed by atoms with Crippen molar-refractivity contribution in [2.24, 2.45) is 0 Å². The minimum Gasteiger partial charge on any atom is -0.462 e. The van der Waals surface area contributed by atoms with Crippen LogP contribution in [0, 0.1) is 0 Å². The fourth-order valence-electron chi connectivity index (χ4n) is 2.02. The molecule has 1 unspecified atom stereocenters. The van der Waals surface area contributed by atoms with Gasteiger partial charge in [-0.25, -0.2) is 4.79 Å². The lowest BCUT2D eigenvalue weighted by Gasteiger charge is -2.25. The van der Waals surface area contributed by atoms with Crippen LogP contribution in [0.5, 0.6) is 0 Å². The normalized spacial score (nSPS) is 13.1. The highest BCUT2D eigenvalue weighted by molar-refractivity contribution is 7.19. The summed E-state index contributed by atoms with van der Waals surface area (Å²) < 4.78 is 5.38. The third kappa shape index (κ3) is 10.2. The minimum atomic E-state index is -1.97. The largest absolute Gasteiger partial charge is 0.462 e. The molecule has 112 valence electrons. The maximum Gasteiger partial charge on any atom is 0.330 e. The van der Waals surface area contributed by atoms with Crippen LogP contribution in [-0.4, -0.2) is 19.1 Å². The quantitative estimate of drug-likeness (QED) is 0.172. The van der Waals surface area contributed by atoms with E-state index in [2.05, 4.69) is 13.5 Å². The maximum absolute atomic E-state index is 11.3. The van der Waals surface area contributed by atoms with E-state index >= 15 is 0 Å². The molecule has 0 spiro atoms. The molecular formula is C15H29ClO2Si. The summed E-state index contributed by atoms with van der Waals surface area (Å²) in [5, 5.41) is 0. The summed E-state index contributed by atoms with van der Waals surface area (Å²) in [5.74, 6) is -0.353. The molecule has 0 rings (SSSR count). The highest BCUT2D eigenvalue weighted by atomic mass is 35.6. The van der Waals surface area contributed by atoms with Gasteiger partial charge in [-0.05, 0) is 6.42 Å². The highest BCUT2D eigenvalue weighted by Gasteiger charge is 2.32. The molecule has 0 bridgehead atoms. The number of ether oxygens (including phenoxy) is 1. The van der Waals surface area contributed by atoms with Crippen LogP contribution in [-0.2, 0) is 9.53 Å². The van der Waals surface area contributed by atoms with Crippen molar-refractivity contribution in [1.29, 1.82) is 0 Å². The number of carbonyl (C=O) groups is 1. The van der Waals surface area contributed by atoms with E-state index in [4.69, 9.17) is 15.8 Å².